The van der Waals surface area contributed by atoms with Crippen LogP contribution in [0.15, 0.2) is 32.5 Å². The summed E-state index contributed by atoms with van der Waals surface area (Å²) in [5.41, 5.74) is 2.53. The molecule has 1 N–H and O–H groups in total. The van der Waals surface area contributed by atoms with Crippen molar-refractivity contribution in [2.75, 3.05) is 7.05 Å². The first-order valence-electron chi connectivity index (χ1n) is 6.88. The molecule has 0 aliphatic rings. The van der Waals surface area contributed by atoms with E-state index in [4.69, 9.17) is 4.98 Å². The number of nitrogens with one attached hydrogen (secondary N) is 1. The lowest BCUT2D eigenvalue weighted by Gasteiger charge is -2.18. The average molecular weight is 432 g/mol. The normalized spacial score (nSPS) is 13.4. The molecular weight excluding hydrogens is 412 g/mol. The van der Waals surface area contributed by atoms with Crippen molar-refractivity contribution in [1.29, 1.82) is 0 Å². The molecule has 0 aliphatic heterocycles. The maximum atomic E-state index is 4.80. The SMILES string of the molecule is CNC(Cc1nc(C(C)(C)C)cs1)c1cc(Br)ccc1Br. The molecule has 1 aromatic heterocycles. The van der Waals surface area contributed by atoms with Gasteiger partial charge in [-0.05, 0) is 30.8 Å². The minimum Gasteiger partial charge on any atom is -0.313 e. The Kier molecular flexibility index (Phi) is 5.63. The fraction of sp³-hybridized carbons (Fsp3) is 0.438. The lowest BCUT2D eigenvalue weighted by Crippen LogP contribution is -2.19. The molecule has 5 heteroatoms. The molecule has 1 unspecified atom stereocenters. The van der Waals surface area contributed by atoms with Gasteiger partial charge >= 0.3 is 0 Å². The van der Waals surface area contributed by atoms with Gasteiger partial charge in [0.1, 0.15) is 0 Å². The molecule has 0 aliphatic carbocycles. The average Bonchev–Trinajstić information content (AvgIpc) is 2.87. The highest BCUT2D eigenvalue weighted by Crippen LogP contribution is 2.31. The number of halogens is 2. The molecule has 0 bridgehead atoms. The molecule has 0 spiro atoms. The van der Waals surface area contributed by atoms with Crippen LogP contribution in [0, 0.1) is 0 Å². The van der Waals surface area contributed by atoms with Gasteiger partial charge in [-0.3, -0.25) is 0 Å². The molecule has 0 amide bonds. The van der Waals surface area contributed by atoms with Crippen molar-refractivity contribution >= 4 is 43.2 Å². The quantitative estimate of drug-likeness (QED) is 0.694. The number of aromatic nitrogens is 1. The van der Waals surface area contributed by atoms with Gasteiger partial charge in [-0.15, -0.1) is 11.3 Å². The van der Waals surface area contributed by atoms with E-state index in [0.717, 1.165) is 15.4 Å². The van der Waals surface area contributed by atoms with Crippen molar-refractivity contribution in [1.82, 2.24) is 10.3 Å². The molecular formula is C16H20Br2N2S. The molecule has 0 saturated heterocycles. The maximum Gasteiger partial charge on any atom is 0.0947 e. The van der Waals surface area contributed by atoms with Crippen LogP contribution in [-0.2, 0) is 11.8 Å². The van der Waals surface area contributed by atoms with E-state index in [-0.39, 0.29) is 11.5 Å². The molecule has 1 aromatic carbocycles. The number of thiazole rings is 1. The van der Waals surface area contributed by atoms with Crippen LogP contribution >= 0.6 is 43.2 Å². The predicted octanol–water partition coefficient (Wildman–Crippen LogP) is 5.47. The van der Waals surface area contributed by atoms with E-state index in [0.29, 0.717) is 0 Å². The van der Waals surface area contributed by atoms with Crippen LogP contribution in [0.25, 0.3) is 0 Å². The van der Waals surface area contributed by atoms with Crippen LogP contribution < -0.4 is 5.32 Å². The molecule has 0 saturated carbocycles. The van der Waals surface area contributed by atoms with Gasteiger partial charge in [-0.2, -0.15) is 0 Å². The second kappa shape index (κ2) is 6.90. The smallest absolute Gasteiger partial charge is 0.0947 e. The first kappa shape index (κ1) is 17.1. The maximum absolute atomic E-state index is 4.80. The third-order valence-electron chi connectivity index (χ3n) is 3.38. The van der Waals surface area contributed by atoms with Gasteiger partial charge in [0.15, 0.2) is 0 Å². The summed E-state index contributed by atoms with van der Waals surface area (Å²) in [5, 5.41) is 6.75. The lowest BCUT2D eigenvalue weighted by molar-refractivity contribution is 0.559. The Morgan fingerprint density at radius 3 is 2.57 bits per heavy atom. The Hall–Kier alpha value is -0.230. The third-order valence-corrected chi connectivity index (χ3v) is 5.47. The molecule has 2 aromatic rings. The largest absolute Gasteiger partial charge is 0.313 e. The number of hydrogen-bond acceptors (Lipinski definition) is 3. The van der Waals surface area contributed by atoms with Crippen molar-refractivity contribution in [3.8, 4) is 0 Å². The Labute approximate surface area is 147 Å². The van der Waals surface area contributed by atoms with Crippen LogP contribution in [0.5, 0.6) is 0 Å². The summed E-state index contributed by atoms with van der Waals surface area (Å²) in [7, 11) is 2.00. The Bertz CT molecular complexity index is 617. The van der Waals surface area contributed by atoms with Crippen molar-refractivity contribution < 1.29 is 0 Å². The minimum absolute atomic E-state index is 0.111. The van der Waals surface area contributed by atoms with Gasteiger partial charge in [0.2, 0.25) is 0 Å². The van der Waals surface area contributed by atoms with Crippen LogP contribution in [0.2, 0.25) is 0 Å². The standard InChI is InChI=1S/C16H20Br2N2S/c1-16(2,3)14-9-21-15(20-14)8-13(19-4)11-7-10(17)5-6-12(11)18/h5-7,9,13,19H,8H2,1-4H3. The number of rotatable bonds is 4. The van der Waals surface area contributed by atoms with E-state index in [2.05, 4.69) is 75.5 Å². The van der Waals surface area contributed by atoms with E-state index in [9.17, 15) is 0 Å². The highest BCUT2D eigenvalue weighted by molar-refractivity contribution is 9.11. The summed E-state index contributed by atoms with van der Waals surface area (Å²) in [6.45, 7) is 6.60. The summed E-state index contributed by atoms with van der Waals surface area (Å²) < 4.78 is 2.22. The zero-order valence-corrected chi connectivity index (χ0v) is 16.7. The number of likely N-dealkylation sites (N-methyl/N-ethyl adjacent to an activating group) is 1. The molecule has 0 fully saturated rings. The van der Waals surface area contributed by atoms with Crippen molar-refractivity contribution in [2.45, 2.75) is 38.6 Å². The number of hydrogen-bond donors (Lipinski definition) is 1. The fourth-order valence-electron chi connectivity index (χ4n) is 2.07. The second-order valence-electron chi connectivity index (χ2n) is 6.09. The van der Waals surface area contributed by atoms with Crippen molar-refractivity contribution in [3.63, 3.8) is 0 Å². The summed E-state index contributed by atoms with van der Waals surface area (Å²) in [5.74, 6) is 0. The second-order valence-corrected chi connectivity index (χ2v) is 8.80. The van der Waals surface area contributed by atoms with Gasteiger partial charge in [0, 0.05) is 32.2 Å². The predicted molar refractivity (Wildman–Crippen MR) is 98.2 cm³/mol. The Morgan fingerprint density at radius 2 is 2.00 bits per heavy atom. The van der Waals surface area contributed by atoms with Crippen LogP contribution in [0.1, 0.15) is 43.1 Å². The van der Waals surface area contributed by atoms with E-state index in [1.807, 2.05) is 13.1 Å². The fourth-order valence-corrected chi connectivity index (χ4v) is 4.04. The monoisotopic (exact) mass is 430 g/mol. The summed E-state index contributed by atoms with van der Waals surface area (Å²) >= 11 is 8.94. The van der Waals surface area contributed by atoms with Crippen molar-refractivity contribution in [3.05, 3.63) is 48.8 Å². The van der Waals surface area contributed by atoms with E-state index in [1.165, 1.54) is 16.3 Å². The summed E-state index contributed by atoms with van der Waals surface area (Å²) in [4.78, 5) is 4.80. The molecule has 1 heterocycles. The summed E-state index contributed by atoms with van der Waals surface area (Å²) in [6, 6.07) is 6.52. The van der Waals surface area contributed by atoms with Gasteiger partial charge in [-0.1, -0.05) is 52.6 Å². The van der Waals surface area contributed by atoms with Gasteiger partial charge in [0.05, 0.1) is 10.7 Å². The number of nitrogens with zero attached hydrogens (tertiary/aromatic N) is 1. The van der Waals surface area contributed by atoms with E-state index >= 15 is 0 Å². The van der Waals surface area contributed by atoms with Crippen LogP contribution in [0.3, 0.4) is 0 Å². The highest BCUT2D eigenvalue weighted by atomic mass is 79.9. The molecule has 2 rings (SSSR count). The highest BCUT2D eigenvalue weighted by Gasteiger charge is 2.20. The van der Waals surface area contributed by atoms with Gasteiger partial charge < -0.3 is 5.32 Å². The zero-order valence-electron chi connectivity index (χ0n) is 12.7. The third kappa shape index (κ3) is 4.38. The minimum atomic E-state index is 0.111. The Balaban J connectivity index is 2.23. The molecule has 0 radical (unpaired) electrons. The van der Waals surface area contributed by atoms with E-state index in [1.54, 1.807) is 11.3 Å². The van der Waals surface area contributed by atoms with Crippen LogP contribution in [0.4, 0.5) is 0 Å². The first-order chi connectivity index (χ1) is 9.81. The first-order valence-corrected chi connectivity index (χ1v) is 9.35. The van der Waals surface area contributed by atoms with Crippen molar-refractivity contribution in [2.24, 2.45) is 0 Å². The Morgan fingerprint density at radius 1 is 1.29 bits per heavy atom. The topological polar surface area (TPSA) is 24.9 Å². The van der Waals surface area contributed by atoms with Crippen LogP contribution in [-0.4, -0.2) is 12.0 Å². The van der Waals surface area contributed by atoms with Gasteiger partial charge in [-0.25, -0.2) is 4.98 Å². The lowest BCUT2D eigenvalue weighted by atomic mass is 9.93. The van der Waals surface area contributed by atoms with Gasteiger partial charge in [0.25, 0.3) is 0 Å². The molecule has 21 heavy (non-hydrogen) atoms. The molecule has 1 atom stereocenters. The van der Waals surface area contributed by atoms with E-state index < -0.39 is 0 Å². The molecule has 114 valence electrons. The molecule has 2 nitrogen and oxygen atoms in total. The summed E-state index contributed by atoms with van der Waals surface area (Å²) in [6.07, 6.45) is 0.895. The zero-order chi connectivity index (χ0) is 15.6. The number of benzene rings is 1.